The molecule has 0 radical (unpaired) electrons. The predicted molar refractivity (Wildman–Crippen MR) is 81.8 cm³/mol. The van der Waals surface area contributed by atoms with Crippen molar-refractivity contribution in [3.63, 3.8) is 0 Å². The molecule has 0 bridgehead atoms. The van der Waals surface area contributed by atoms with Gasteiger partial charge in [0.1, 0.15) is 0 Å². The summed E-state index contributed by atoms with van der Waals surface area (Å²) < 4.78 is 0. The highest BCUT2D eigenvalue weighted by Gasteiger charge is 2.53. The summed E-state index contributed by atoms with van der Waals surface area (Å²) in [6.45, 7) is 9.14. The lowest BCUT2D eigenvalue weighted by Gasteiger charge is -2.45. The molecular weight excluding hydrogens is 256 g/mol. The molecule has 0 aromatic carbocycles. The van der Waals surface area contributed by atoms with Gasteiger partial charge in [-0.1, -0.05) is 39.9 Å². The molecule has 0 saturated heterocycles. The van der Waals surface area contributed by atoms with Crippen LogP contribution in [0.2, 0.25) is 0 Å². The third kappa shape index (κ3) is 3.10. The van der Waals surface area contributed by atoms with Gasteiger partial charge in [-0.15, -0.1) is 0 Å². The van der Waals surface area contributed by atoms with E-state index in [1.165, 1.54) is 6.42 Å². The molecule has 2 aliphatic rings. The van der Waals surface area contributed by atoms with E-state index in [-0.39, 0.29) is 22.8 Å². The number of carbonyl (C=O) groups is 1. The summed E-state index contributed by atoms with van der Waals surface area (Å²) >= 11 is 5.05. The van der Waals surface area contributed by atoms with Gasteiger partial charge in [-0.05, 0) is 42.9 Å². The van der Waals surface area contributed by atoms with Gasteiger partial charge in [0.2, 0.25) is 5.91 Å². The van der Waals surface area contributed by atoms with E-state index in [0.717, 1.165) is 25.7 Å². The molecule has 19 heavy (non-hydrogen) atoms. The minimum Gasteiger partial charge on any atom is -0.392 e. The summed E-state index contributed by atoms with van der Waals surface area (Å²) in [5.74, 6) is 0.0542. The average molecular weight is 282 g/mol. The summed E-state index contributed by atoms with van der Waals surface area (Å²) in [6.07, 6.45) is 4.90. The molecule has 1 amide bonds. The number of nitrogens with one attached hydrogen (secondary N) is 1. The molecule has 0 unspecified atom stereocenters. The summed E-state index contributed by atoms with van der Waals surface area (Å²) in [5.41, 5.74) is 5.74. The molecule has 3 N–H and O–H groups in total. The molecule has 0 aromatic heterocycles. The van der Waals surface area contributed by atoms with Gasteiger partial charge in [0, 0.05) is 6.04 Å². The van der Waals surface area contributed by atoms with Crippen LogP contribution < -0.4 is 11.1 Å². The molecule has 0 atom stereocenters. The summed E-state index contributed by atoms with van der Waals surface area (Å²) in [5, 5.41) is 3.21. The fourth-order valence-electron chi connectivity index (χ4n) is 3.98. The monoisotopic (exact) mass is 282 g/mol. The first-order valence-corrected chi connectivity index (χ1v) is 7.58. The number of carbonyl (C=O) groups excluding carboxylic acids is 1. The van der Waals surface area contributed by atoms with Crippen LogP contribution in [0.4, 0.5) is 0 Å². The second-order valence-corrected chi connectivity index (χ2v) is 8.47. The Morgan fingerprint density at radius 3 is 2.00 bits per heavy atom. The fourth-order valence-corrected chi connectivity index (χ4v) is 4.28. The highest BCUT2D eigenvalue weighted by atomic mass is 32.1. The van der Waals surface area contributed by atoms with Crippen LogP contribution in [0.15, 0.2) is 0 Å². The average Bonchev–Trinajstić information content (AvgIpc) is 2.91. The Morgan fingerprint density at radius 1 is 1.16 bits per heavy atom. The van der Waals surface area contributed by atoms with E-state index in [4.69, 9.17) is 18.0 Å². The van der Waals surface area contributed by atoms with Crippen molar-refractivity contribution in [3.05, 3.63) is 0 Å². The summed E-state index contributed by atoms with van der Waals surface area (Å²) in [4.78, 5) is 12.7. The summed E-state index contributed by atoms with van der Waals surface area (Å²) in [6, 6.07) is 0.248. The number of rotatable bonds is 3. The molecule has 3 nitrogen and oxygen atoms in total. The Labute approximate surface area is 121 Å². The van der Waals surface area contributed by atoms with Gasteiger partial charge < -0.3 is 11.1 Å². The van der Waals surface area contributed by atoms with E-state index in [1.807, 2.05) is 0 Å². The number of hydrogen-bond donors (Lipinski definition) is 2. The third-order valence-electron chi connectivity index (χ3n) is 4.55. The molecule has 108 valence electrons. The van der Waals surface area contributed by atoms with E-state index in [9.17, 15) is 4.79 Å². The van der Waals surface area contributed by atoms with Crippen LogP contribution in [0.1, 0.15) is 59.8 Å². The Bertz CT molecular complexity index is 394. The van der Waals surface area contributed by atoms with E-state index >= 15 is 0 Å². The van der Waals surface area contributed by atoms with Crippen molar-refractivity contribution >= 4 is 23.1 Å². The molecule has 0 heterocycles. The maximum atomic E-state index is 12.4. The zero-order valence-corrected chi connectivity index (χ0v) is 13.3. The normalized spacial score (nSPS) is 27.6. The van der Waals surface area contributed by atoms with Crippen LogP contribution in [0.25, 0.3) is 0 Å². The van der Waals surface area contributed by atoms with Gasteiger partial charge >= 0.3 is 0 Å². The van der Waals surface area contributed by atoms with Crippen molar-refractivity contribution in [2.24, 2.45) is 22.0 Å². The van der Waals surface area contributed by atoms with Crippen molar-refractivity contribution in [2.75, 3.05) is 0 Å². The van der Waals surface area contributed by atoms with Crippen molar-refractivity contribution < 1.29 is 4.79 Å². The lowest BCUT2D eigenvalue weighted by Crippen LogP contribution is -2.49. The lowest BCUT2D eigenvalue weighted by atomic mass is 9.63. The van der Waals surface area contributed by atoms with Crippen molar-refractivity contribution in [3.8, 4) is 0 Å². The molecule has 2 aliphatic carbocycles. The second kappa shape index (κ2) is 4.44. The molecule has 2 saturated carbocycles. The van der Waals surface area contributed by atoms with Crippen molar-refractivity contribution in [1.29, 1.82) is 0 Å². The quantitative estimate of drug-likeness (QED) is 0.783. The molecule has 0 aliphatic heterocycles. The number of hydrogen-bond acceptors (Lipinski definition) is 2. The summed E-state index contributed by atoms with van der Waals surface area (Å²) in [7, 11) is 0. The van der Waals surface area contributed by atoms with Crippen molar-refractivity contribution in [2.45, 2.75) is 65.8 Å². The maximum absolute atomic E-state index is 12.4. The minimum absolute atomic E-state index is 0.0542. The SMILES string of the molecule is CC1(C)CC(NC(=O)C2(C(N)=S)CC2)CC(C)(C)C1. The Hall–Kier alpha value is -0.640. The molecule has 0 aromatic rings. The van der Waals surface area contributed by atoms with Crippen LogP contribution in [0.3, 0.4) is 0 Å². The standard InChI is InChI=1S/C15H26N2OS/c1-13(2)7-10(8-14(3,4)9-13)17-12(18)15(5-6-15)11(16)19/h10H,5-9H2,1-4H3,(H2,16,19)(H,17,18). The van der Waals surface area contributed by atoms with E-state index in [0.29, 0.717) is 4.99 Å². The second-order valence-electron chi connectivity index (χ2n) is 8.03. The molecule has 2 rings (SSSR count). The van der Waals surface area contributed by atoms with Crippen LogP contribution in [-0.2, 0) is 4.79 Å². The number of amides is 1. The third-order valence-corrected chi connectivity index (χ3v) is 4.94. The topological polar surface area (TPSA) is 55.1 Å². The molecule has 0 spiro atoms. The van der Waals surface area contributed by atoms with E-state index < -0.39 is 5.41 Å². The lowest BCUT2D eigenvalue weighted by molar-refractivity contribution is -0.125. The Balaban J connectivity index is 2.03. The van der Waals surface area contributed by atoms with Gasteiger partial charge in [-0.25, -0.2) is 0 Å². The first-order chi connectivity index (χ1) is 8.56. The Kier molecular flexibility index (Phi) is 3.45. The number of nitrogens with two attached hydrogens (primary N) is 1. The largest absolute Gasteiger partial charge is 0.392 e. The van der Waals surface area contributed by atoms with Crippen LogP contribution >= 0.6 is 12.2 Å². The smallest absolute Gasteiger partial charge is 0.233 e. The van der Waals surface area contributed by atoms with Crippen LogP contribution in [0, 0.1) is 16.2 Å². The van der Waals surface area contributed by atoms with Gasteiger partial charge in [-0.2, -0.15) is 0 Å². The van der Waals surface area contributed by atoms with Crippen molar-refractivity contribution in [1.82, 2.24) is 5.32 Å². The van der Waals surface area contributed by atoms with E-state index in [1.54, 1.807) is 0 Å². The maximum Gasteiger partial charge on any atom is 0.233 e. The van der Waals surface area contributed by atoms with Crippen LogP contribution in [-0.4, -0.2) is 16.9 Å². The molecule has 4 heteroatoms. The zero-order chi connectivity index (χ0) is 14.5. The predicted octanol–water partition coefficient (Wildman–Crippen LogP) is 2.77. The fraction of sp³-hybridized carbons (Fsp3) is 0.867. The molecule has 2 fully saturated rings. The van der Waals surface area contributed by atoms with E-state index in [2.05, 4.69) is 33.0 Å². The highest BCUT2D eigenvalue weighted by molar-refractivity contribution is 7.80. The first-order valence-electron chi connectivity index (χ1n) is 7.17. The minimum atomic E-state index is -0.527. The van der Waals surface area contributed by atoms with Gasteiger partial charge in [-0.3, -0.25) is 4.79 Å². The first kappa shape index (κ1) is 14.8. The van der Waals surface area contributed by atoms with Gasteiger partial charge in [0.15, 0.2) is 0 Å². The van der Waals surface area contributed by atoms with Gasteiger partial charge in [0.05, 0.1) is 10.4 Å². The van der Waals surface area contributed by atoms with Gasteiger partial charge in [0.25, 0.3) is 0 Å². The van der Waals surface area contributed by atoms with Crippen LogP contribution in [0.5, 0.6) is 0 Å². The number of thiocarbonyl (C=S) groups is 1. The molecular formula is C15H26N2OS. The highest BCUT2D eigenvalue weighted by Crippen LogP contribution is 2.48. The zero-order valence-electron chi connectivity index (χ0n) is 12.5. The Morgan fingerprint density at radius 2 is 1.63 bits per heavy atom.